The standard InChI is InChI=1S/C31H27N5O3/c1-21-25-20-35(31(37)32-23-14-15-27-28(19-23)39-18-17-38-27)29(22-9-4-2-5-10-22)26-13-8-16-34(26)30(25)36(33-21)24-11-6-3-7-12-24/h2-16,19,29H,17-18,20H2,1H3,(H,32,37). The number of carbonyl (C=O) groups excluding carboxylic acids is 1. The number of amides is 2. The molecule has 194 valence electrons. The molecule has 8 heteroatoms. The Kier molecular flexibility index (Phi) is 5.58. The smallest absolute Gasteiger partial charge is 0.322 e. The first-order valence-electron chi connectivity index (χ1n) is 13.0. The summed E-state index contributed by atoms with van der Waals surface area (Å²) in [6.07, 6.45) is 2.05. The molecule has 2 aromatic heterocycles. The molecule has 3 aromatic carbocycles. The van der Waals surface area contributed by atoms with Gasteiger partial charge in [-0.15, -0.1) is 0 Å². The molecule has 8 nitrogen and oxygen atoms in total. The van der Waals surface area contributed by atoms with Crippen molar-refractivity contribution in [2.75, 3.05) is 18.5 Å². The highest BCUT2D eigenvalue weighted by atomic mass is 16.6. The number of nitrogens with zero attached hydrogens (tertiary/aromatic N) is 4. The van der Waals surface area contributed by atoms with Crippen molar-refractivity contribution in [1.29, 1.82) is 0 Å². The van der Waals surface area contributed by atoms with E-state index in [4.69, 9.17) is 14.6 Å². The second-order valence-electron chi connectivity index (χ2n) is 9.67. The molecular weight excluding hydrogens is 490 g/mol. The van der Waals surface area contributed by atoms with E-state index >= 15 is 0 Å². The Hall–Kier alpha value is -4.98. The maximum atomic E-state index is 14.1. The van der Waals surface area contributed by atoms with E-state index in [2.05, 4.69) is 28.1 Å². The van der Waals surface area contributed by atoms with Crippen molar-refractivity contribution in [2.45, 2.75) is 19.5 Å². The van der Waals surface area contributed by atoms with Crippen LogP contribution < -0.4 is 14.8 Å². The van der Waals surface area contributed by atoms with Crippen molar-refractivity contribution >= 4 is 11.7 Å². The van der Waals surface area contributed by atoms with E-state index in [0.717, 1.165) is 34.0 Å². The van der Waals surface area contributed by atoms with Gasteiger partial charge in [0.25, 0.3) is 0 Å². The molecule has 5 aromatic rings. The molecule has 1 unspecified atom stereocenters. The van der Waals surface area contributed by atoms with Gasteiger partial charge in [0.05, 0.1) is 29.7 Å². The van der Waals surface area contributed by atoms with Crippen LogP contribution in [0, 0.1) is 6.92 Å². The zero-order valence-electron chi connectivity index (χ0n) is 21.4. The molecule has 0 fully saturated rings. The molecule has 39 heavy (non-hydrogen) atoms. The Labute approximate surface area is 226 Å². The number of carbonyl (C=O) groups is 1. The van der Waals surface area contributed by atoms with Gasteiger partial charge in [-0.1, -0.05) is 48.5 Å². The van der Waals surface area contributed by atoms with Crippen LogP contribution in [0.4, 0.5) is 10.5 Å². The largest absolute Gasteiger partial charge is 0.486 e. The lowest BCUT2D eigenvalue weighted by atomic mass is 10.0. The van der Waals surface area contributed by atoms with Gasteiger partial charge in [0, 0.05) is 23.5 Å². The Morgan fingerprint density at radius 1 is 0.897 bits per heavy atom. The van der Waals surface area contributed by atoms with Crippen LogP contribution in [-0.2, 0) is 6.54 Å². The second kappa shape index (κ2) is 9.40. The van der Waals surface area contributed by atoms with Gasteiger partial charge in [0.15, 0.2) is 11.5 Å². The molecule has 0 saturated carbocycles. The average Bonchev–Trinajstić information content (AvgIpc) is 3.54. The Balaban J connectivity index is 1.35. The van der Waals surface area contributed by atoms with Crippen LogP contribution in [0.2, 0.25) is 0 Å². The minimum absolute atomic E-state index is 0.215. The predicted molar refractivity (Wildman–Crippen MR) is 148 cm³/mol. The predicted octanol–water partition coefficient (Wildman–Crippen LogP) is 5.88. The van der Waals surface area contributed by atoms with Gasteiger partial charge in [-0.3, -0.25) is 0 Å². The van der Waals surface area contributed by atoms with Crippen LogP contribution in [-0.4, -0.2) is 38.5 Å². The minimum atomic E-state index is -0.325. The number of hydrogen-bond donors (Lipinski definition) is 1. The third-order valence-electron chi connectivity index (χ3n) is 7.26. The van der Waals surface area contributed by atoms with Gasteiger partial charge < -0.3 is 24.3 Å². The van der Waals surface area contributed by atoms with E-state index < -0.39 is 0 Å². The first-order chi connectivity index (χ1) is 19.2. The number of ether oxygens (including phenoxy) is 2. The number of hydrogen-bond acceptors (Lipinski definition) is 4. The number of aryl methyl sites for hydroxylation is 1. The fourth-order valence-electron chi connectivity index (χ4n) is 5.45. The fourth-order valence-corrected chi connectivity index (χ4v) is 5.45. The molecule has 0 aliphatic carbocycles. The Morgan fingerprint density at radius 2 is 1.64 bits per heavy atom. The summed E-state index contributed by atoms with van der Waals surface area (Å²) in [5.74, 6) is 2.25. The first-order valence-corrected chi connectivity index (χ1v) is 13.0. The van der Waals surface area contributed by atoms with Crippen molar-refractivity contribution in [2.24, 2.45) is 0 Å². The van der Waals surface area contributed by atoms with Crippen LogP contribution in [0.15, 0.2) is 97.2 Å². The van der Waals surface area contributed by atoms with E-state index in [0.29, 0.717) is 36.9 Å². The summed E-state index contributed by atoms with van der Waals surface area (Å²) in [6, 6.07) is 29.3. The Bertz CT molecular complexity index is 1660. The van der Waals surface area contributed by atoms with Crippen LogP contribution >= 0.6 is 0 Å². The third kappa shape index (κ3) is 4.01. The first kappa shape index (κ1) is 23.2. The lowest BCUT2D eigenvalue weighted by Gasteiger charge is -2.31. The molecule has 2 aliphatic heterocycles. The summed E-state index contributed by atoms with van der Waals surface area (Å²) in [5, 5.41) is 8.03. The number of rotatable bonds is 3. The number of urea groups is 1. The highest BCUT2D eigenvalue weighted by molar-refractivity contribution is 5.90. The SMILES string of the molecule is Cc1nn(-c2ccccc2)c2c1CN(C(=O)Nc1ccc3c(c1)OCCO3)C(c1ccccc1)c1cccn1-2. The van der Waals surface area contributed by atoms with Crippen molar-refractivity contribution in [3.05, 3.63) is 120 Å². The molecule has 1 N–H and O–H groups in total. The van der Waals surface area contributed by atoms with Crippen molar-refractivity contribution in [3.8, 4) is 23.0 Å². The highest BCUT2D eigenvalue weighted by Crippen LogP contribution is 2.39. The monoisotopic (exact) mass is 517 g/mol. The highest BCUT2D eigenvalue weighted by Gasteiger charge is 2.36. The number of para-hydroxylation sites is 1. The molecule has 4 heterocycles. The van der Waals surface area contributed by atoms with Gasteiger partial charge >= 0.3 is 6.03 Å². The third-order valence-corrected chi connectivity index (χ3v) is 7.26. The van der Waals surface area contributed by atoms with Gasteiger partial charge in [-0.25, -0.2) is 9.48 Å². The molecular formula is C31H27N5O3. The maximum Gasteiger partial charge on any atom is 0.322 e. The zero-order chi connectivity index (χ0) is 26.3. The molecule has 0 radical (unpaired) electrons. The summed E-state index contributed by atoms with van der Waals surface area (Å²) >= 11 is 0. The maximum absolute atomic E-state index is 14.1. The van der Waals surface area contributed by atoms with E-state index in [1.54, 1.807) is 0 Å². The normalized spacial score (nSPS) is 15.7. The topological polar surface area (TPSA) is 73.6 Å². The van der Waals surface area contributed by atoms with Crippen LogP contribution in [0.1, 0.15) is 28.6 Å². The number of fused-ring (bicyclic) bond motifs is 4. The summed E-state index contributed by atoms with van der Waals surface area (Å²) in [4.78, 5) is 16.0. The van der Waals surface area contributed by atoms with Gasteiger partial charge in [0.2, 0.25) is 0 Å². The van der Waals surface area contributed by atoms with Crippen LogP contribution in [0.5, 0.6) is 11.5 Å². The lowest BCUT2D eigenvalue weighted by Crippen LogP contribution is -2.38. The molecule has 7 rings (SSSR count). The van der Waals surface area contributed by atoms with Crippen molar-refractivity contribution in [1.82, 2.24) is 19.2 Å². The van der Waals surface area contributed by atoms with Crippen LogP contribution in [0.3, 0.4) is 0 Å². The lowest BCUT2D eigenvalue weighted by molar-refractivity contribution is 0.171. The molecule has 2 aliphatic rings. The number of aromatic nitrogens is 3. The summed E-state index contributed by atoms with van der Waals surface area (Å²) in [6.45, 7) is 3.38. The molecule has 2 amide bonds. The molecule has 0 bridgehead atoms. The van der Waals surface area contributed by atoms with Crippen molar-refractivity contribution < 1.29 is 14.3 Å². The summed E-state index contributed by atoms with van der Waals surface area (Å²) in [7, 11) is 0. The number of nitrogens with one attached hydrogen (secondary N) is 1. The quantitative estimate of drug-likeness (QED) is 0.324. The second-order valence-corrected chi connectivity index (χ2v) is 9.67. The molecule has 0 saturated heterocycles. The number of anilines is 1. The van der Waals surface area contributed by atoms with E-state index in [-0.39, 0.29) is 12.1 Å². The fraction of sp³-hybridized carbons (Fsp3) is 0.161. The Morgan fingerprint density at radius 3 is 2.44 bits per heavy atom. The van der Waals surface area contributed by atoms with Gasteiger partial charge in [0.1, 0.15) is 19.0 Å². The number of benzene rings is 3. The van der Waals surface area contributed by atoms with E-state index in [1.165, 1.54) is 0 Å². The van der Waals surface area contributed by atoms with Gasteiger partial charge in [-0.05, 0) is 48.9 Å². The summed E-state index contributed by atoms with van der Waals surface area (Å²) < 4.78 is 15.5. The average molecular weight is 518 g/mol. The minimum Gasteiger partial charge on any atom is -0.486 e. The van der Waals surface area contributed by atoms with Crippen LogP contribution in [0.25, 0.3) is 11.5 Å². The van der Waals surface area contributed by atoms with Gasteiger partial charge in [-0.2, -0.15) is 5.10 Å². The van der Waals surface area contributed by atoms with E-state index in [1.807, 2.05) is 95.5 Å². The molecule has 1 atom stereocenters. The van der Waals surface area contributed by atoms with Crippen molar-refractivity contribution in [3.63, 3.8) is 0 Å². The summed E-state index contributed by atoms with van der Waals surface area (Å²) in [5.41, 5.74) is 5.48. The van der Waals surface area contributed by atoms with E-state index in [9.17, 15) is 4.79 Å². The molecule has 0 spiro atoms. The zero-order valence-corrected chi connectivity index (χ0v) is 21.4.